The van der Waals surface area contributed by atoms with Gasteiger partial charge >= 0.3 is 11.9 Å². The smallest absolute Gasteiger partial charge is 0.368 e. The van der Waals surface area contributed by atoms with E-state index in [2.05, 4.69) is 9.47 Å². The predicted octanol–water partition coefficient (Wildman–Crippen LogP) is -1.56. The van der Waals surface area contributed by atoms with Crippen LogP contribution in [0, 0.1) is 0 Å². The zero-order chi connectivity index (χ0) is 9.35. The van der Waals surface area contributed by atoms with Crippen LogP contribution in [0.15, 0.2) is 0 Å². The van der Waals surface area contributed by atoms with Gasteiger partial charge in [0.05, 0.1) is 0 Å². The fourth-order valence-electron chi connectivity index (χ4n) is 0.759. The Morgan fingerprint density at radius 1 is 1.58 bits per heavy atom. The minimum Gasteiger partial charge on any atom is -0.431 e. The topological polar surface area (TPSA) is 105 Å². The molecule has 1 saturated heterocycles. The van der Waals surface area contributed by atoms with Gasteiger partial charge in [0.25, 0.3) is 5.72 Å². The van der Waals surface area contributed by atoms with Crippen molar-refractivity contribution in [3.63, 3.8) is 0 Å². The Bertz CT molecular complexity index is 230. The Hall–Kier alpha value is -1.14. The third-order valence-electron chi connectivity index (χ3n) is 1.62. The highest BCUT2D eigenvalue weighted by Gasteiger charge is 2.46. The fourth-order valence-corrected chi connectivity index (χ4v) is 0.759. The van der Waals surface area contributed by atoms with Crippen molar-refractivity contribution in [3.05, 3.63) is 0 Å². The average Bonchev–Trinajstić information content (AvgIpc) is 2.01. The van der Waals surface area contributed by atoms with Gasteiger partial charge in [-0.3, -0.25) is 11.5 Å². The molecule has 6 heteroatoms. The van der Waals surface area contributed by atoms with Crippen LogP contribution in [0.1, 0.15) is 13.3 Å². The number of nitrogens with two attached hydrogens (primary N) is 2. The molecule has 0 aliphatic carbocycles. The van der Waals surface area contributed by atoms with Crippen molar-refractivity contribution >= 4 is 11.9 Å². The van der Waals surface area contributed by atoms with Crippen molar-refractivity contribution in [3.8, 4) is 0 Å². The summed E-state index contributed by atoms with van der Waals surface area (Å²) in [5, 5.41) is 0. The second-order valence-electron chi connectivity index (χ2n) is 2.49. The Kier molecular flexibility index (Phi) is 2.03. The molecule has 0 aromatic heterocycles. The molecule has 0 bridgehead atoms. The first-order valence-electron chi connectivity index (χ1n) is 3.48. The predicted molar refractivity (Wildman–Crippen MR) is 37.4 cm³/mol. The second-order valence-corrected chi connectivity index (χ2v) is 2.49. The summed E-state index contributed by atoms with van der Waals surface area (Å²) in [5.41, 5.74) is 8.79. The lowest BCUT2D eigenvalue weighted by molar-refractivity contribution is -0.210. The van der Waals surface area contributed by atoms with Crippen molar-refractivity contribution in [2.75, 3.05) is 0 Å². The molecule has 12 heavy (non-hydrogen) atoms. The molecule has 0 aromatic carbocycles. The SMILES string of the molecule is CCC1(N)OC(=O)C(N)OC1=O. The molecular formula is C6H10N2O4. The molecule has 2 atom stereocenters. The van der Waals surface area contributed by atoms with E-state index in [9.17, 15) is 9.59 Å². The van der Waals surface area contributed by atoms with E-state index in [1.807, 2.05) is 0 Å². The summed E-state index contributed by atoms with van der Waals surface area (Å²) in [6.45, 7) is 1.60. The van der Waals surface area contributed by atoms with E-state index in [1.165, 1.54) is 0 Å². The van der Waals surface area contributed by atoms with Crippen LogP contribution in [0.3, 0.4) is 0 Å². The zero-order valence-electron chi connectivity index (χ0n) is 6.57. The van der Waals surface area contributed by atoms with Gasteiger partial charge < -0.3 is 9.47 Å². The van der Waals surface area contributed by atoms with E-state index in [0.29, 0.717) is 0 Å². The summed E-state index contributed by atoms with van der Waals surface area (Å²) in [6.07, 6.45) is -1.19. The molecule has 1 aliphatic heterocycles. The van der Waals surface area contributed by atoms with E-state index in [4.69, 9.17) is 11.5 Å². The van der Waals surface area contributed by atoms with Gasteiger partial charge in [-0.1, -0.05) is 6.92 Å². The van der Waals surface area contributed by atoms with Crippen LogP contribution < -0.4 is 11.5 Å². The Labute approximate surface area is 68.8 Å². The minimum absolute atomic E-state index is 0.157. The van der Waals surface area contributed by atoms with Crippen molar-refractivity contribution in [2.24, 2.45) is 11.5 Å². The van der Waals surface area contributed by atoms with Crippen molar-refractivity contribution in [2.45, 2.75) is 25.3 Å². The second kappa shape index (κ2) is 2.72. The zero-order valence-corrected chi connectivity index (χ0v) is 6.57. The van der Waals surface area contributed by atoms with Gasteiger partial charge in [0.15, 0.2) is 0 Å². The third-order valence-corrected chi connectivity index (χ3v) is 1.62. The Morgan fingerprint density at radius 3 is 2.67 bits per heavy atom. The lowest BCUT2D eigenvalue weighted by Gasteiger charge is -2.32. The molecule has 0 amide bonds. The first-order valence-corrected chi connectivity index (χ1v) is 3.48. The first-order chi connectivity index (χ1) is 5.49. The van der Waals surface area contributed by atoms with Crippen LogP contribution >= 0.6 is 0 Å². The molecule has 68 valence electrons. The van der Waals surface area contributed by atoms with Gasteiger partial charge in [-0.2, -0.15) is 0 Å². The number of rotatable bonds is 1. The maximum Gasteiger partial charge on any atom is 0.368 e. The molecule has 1 fully saturated rings. The van der Waals surface area contributed by atoms with Gasteiger partial charge in [0, 0.05) is 6.42 Å². The number of cyclic esters (lactones) is 2. The average molecular weight is 174 g/mol. The van der Waals surface area contributed by atoms with Gasteiger partial charge in [-0.05, 0) is 0 Å². The van der Waals surface area contributed by atoms with Crippen LogP contribution in [0.5, 0.6) is 0 Å². The number of carbonyl (C=O) groups is 2. The van der Waals surface area contributed by atoms with E-state index in [0.717, 1.165) is 0 Å². The number of hydrogen-bond donors (Lipinski definition) is 2. The van der Waals surface area contributed by atoms with Crippen molar-refractivity contribution in [1.82, 2.24) is 0 Å². The minimum atomic E-state index is -1.66. The maximum atomic E-state index is 11.0. The monoisotopic (exact) mass is 174 g/mol. The van der Waals surface area contributed by atoms with E-state index in [1.54, 1.807) is 6.92 Å². The van der Waals surface area contributed by atoms with E-state index < -0.39 is 23.9 Å². The van der Waals surface area contributed by atoms with Crippen LogP contribution in [-0.4, -0.2) is 23.9 Å². The number of hydrogen-bond acceptors (Lipinski definition) is 6. The normalized spacial score (nSPS) is 35.8. The van der Waals surface area contributed by atoms with Gasteiger partial charge in [0.1, 0.15) is 0 Å². The molecule has 4 N–H and O–H groups in total. The molecule has 0 saturated carbocycles. The molecule has 1 aliphatic rings. The number of carbonyl (C=O) groups excluding carboxylic acids is 2. The lowest BCUT2D eigenvalue weighted by Crippen LogP contribution is -2.61. The number of ether oxygens (including phenoxy) is 2. The standard InChI is InChI=1S/C6H10N2O4/c1-2-6(8)5(10)11-3(7)4(9)12-6/h3H,2,7-8H2,1H3. The lowest BCUT2D eigenvalue weighted by atomic mass is 10.1. The largest absolute Gasteiger partial charge is 0.431 e. The van der Waals surface area contributed by atoms with Crippen LogP contribution in [-0.2, 0) is 19.1 Å². The summed E-state index contributed by atoms with van der Waals surface area (Å²) in [7, 11) is 0. The quantitative estimate of drug-likeness (QED) is 0.465. The summed E-state index contributed by atoms with van der Waals surface area (Å²) in [6, 6.07) is 0. The number of esters is 2. The summed E-state index contributed by atoms with van der Waals surface area (Å²) in [5.74, 6) is -1.63. The van der Waals surface area contributed by atoms with Crippen LogP contribution in [0.2, 0.25) is 0 Å². The molecule has 0 aromatic rings. The van der Waals surface area contributed by atoms with Crippen LogP contribution in [0.25, 0.3) is 0 Å². The summed E-state index contributed by atoms with van der Waals surface area (Å²) < 4.78 is 9.03. The molecule has 1 rings (SSSR count). The van der Waals surface area contributed by atoms with E-state index in [-0.39, 0.29) is 6.42 Å². The molecule has 0 spiro atoms. The van der Waals surface area contributed by atoms with Crippen molar-refractivity contribution < 1.29 is 19.1 Å². The molecule has 2 unspecified atom stereocenters. The highest BCUT2D eigenvalue weighted by atomic mass is 16.7. The maximum absolute atomic E-state index is 11.0. The fraction of sp³-hybridized carbons (Fsp3) is 0.667. The molecule has 6 nitrogen and oxygen atoms in total. The molecule has 1 heterocycles. The van der Waals surface area contributed by atoms with Gasteiger partial charge in [0.2, 0.25) is 6.23 Å². The van der Waals surface area contributed by atoms with Gasteiger partial charge in [-0.25, -0.2) is 9.59 Å². The van der Waals surface area contributed by atoms with Gasteiger partial charge in [-0.15, -0.1) is 0 Å². The molecule has 0 radical (unpaired) electrons. The Morgan fingerprint density at radius 2 is 2.17 bits per heavy atom. The Balaban J connectivity index is 2.81. The first kappa shape index (κ1) is 8.95. The highest BCUT2D eigenvalue weighted by Crippen LogP contribution is 2.17. The third kappa shape index (κ3) is 1.26. The highest BCUT2D eigenvalue weighted by molar-refractivity contribution is 5.89. The summed E-state index contributed by atoms with van der Waals surface area (Å²) >= 11 is 0. The summed E-state index contributed by atoms with van der Waals surface area (Å²) in [4.78, 5) is 21.8. The van der Waals surface area contributed by atoms with Crippen LogP contribution in [0.4, 0.5) is 0 Å². The van der Waals surface area contributed by atoms with E-state index >= 15 is 0 Å². The molecular weight excluding hydrogens is 164 g/mol. The van der Waals surface area contributed by atoms with Crippen molar-refractivity contribution in [1.29, 1.82) is 0 Å².